The summed E-state index contributed by atoms with van der Waals surface area (Å²) in [6.45, 7) is 6.73. The molecule has 1 saturated carbocycles. The Labute approximate surface area is 76.2 Å². The fourth-order valence-electron chi connectivity index (χ4n) is 2.30. The van der Waals surface area contributed by atoms with Crippen LogP contribution in [0.25, 0.3) is 0 Å². The zero-order valence-corrected chi connectivity index (χ0v) is 8.64. The van der Waals surface area contributed by atoms with Gasteiger partial charge in [0.05, 0.1) is 6.10 Å². The van der Waals surface area contributed by atoms with Crippen LogP contribution < -0.4 is 0 Å². The van der Waals surface area contributed by atoms with Crippen molar-refractivity contribution in [3.63, 3.8) is 0 Å². The first kappa shape index (κ1) is 10.0. The van der Waals surface area contributed by atoms with Crippen LogP contribution in [0.1, 0.15) is 52.9 Å². The summed E-state index contributed by atoms with van der Waals surface area (Å²) in [4.78, 5) is 0. The zero-order chi connectivity index (χ0) is 9.19. The summed E-state index contributed by atoms with van der Waals surface area (Å²) in [7, 11) is 0. The van der Waals surface area contributed by atoms with Crippen molar-refractivity contribution in [1.29, 1.82) is 0 Å². The summed E-state index contributed by atoms with van der Waals surface area (Å²) in [5.41, 5.74) is 0.282. The van der Waals surface area contributed by atoms with Gasteiger partial charge in [-0.2, -0.15) is 0 Å². The molecule has 0 unspecified atom stereocenters. The number of aliphatic hydroxyl groups excluding tert-OH is 1. The van der Waals surface area contributed by atoms with E-state index in [1.165, 1.54) is 25.7 Å². The molecule has 0 aromatic heterocycles. The highest BCUT2D eigenvalue weighted by atomic mass is 16.3. The van der Waals surface area contributed by atoms with E-state index in [0.29, 0.717) is 5.92 Å². The molecule has 0 aliphatic heterocycles. The normalized spacial score (nSPS) is 33.0. The standard InChI is InChI=1S/C11H22O/c1-11(2,3)9-7-5-4-6-8-10(9)12/h9-10,12H,4-8H2,1-3H3/t9-,10+/m0/s1. The molecule has 0 bridgehead atoms. The lowest BCUT2D eigenvalue weighted by molar-refractivity contribution is 0.0377. The Morgan fingerprint density at radius 3 is 2.17 bits per heavy atom. The molecule has 1 N–H and O–H groups in total. The van der Waals surface area contributed by atoms with E-state index < -0.39 is 0 Å². The Balaban J connectivity index is 2.59. The van der Waals surface area contributed by atoms with Crippen LogP contribution in [0, 0.1) is 11.3 Å². The molecule has 0 aromatic carbocycles. The van der Waals surface area contributed by atoms with Gasteiger partial charge in [0.15, 0.2) is 0 Å². The monoisotopic (exact) mass is 170 g/mol. The van der Waals surface area contributed by atoms with Gasteiger partial charge in [-0.1, -0.05) is 40.0 Å². The zero-order valence-electron chi connectivity index (χ0n) is 8.64. The summed E-state index contributed by atoms with van der Waals surface area (Å²) < 4.78 is 0. The minimum atomic E-state index is -0.0486. The average molecular weight is 170 g/mol. The molecule has 1 aliphatic carbocycles. The van der Waals surface area contributed by atoms with Crippen LogP contribution in [0.4, 0.5) is 0 Å². The highest BCUT2D eigenvalue weighted by molar-refractivity contribution is 4.82. The van der Waals surface area contributed by atoms with Gasteiger partial charge < -0.3 is 5.11 Å². The van der Waals surface area contributed by atoms with Gasteiger partial charge in [-0.05, 0) is 24.2 Å². The van der Waals surface area contributed by atoms with Gasteiger partial charge in [0.1, 0.15) is 0 Å². The van der Waals surface area contributed by atoms with Crippen molar-refractivity contribution in [1.82, 2.24) is 0 Å². The summed E-state index contributed by atoms with van der Waals surface area (Å²) in [6.07, 6.45) is 6.01. The van der Waals surface area contributed by atoms with Crippen molar-refractivity contribution < 1.29 is 5.11 Å². The van der Waals surface area contributed by atoms with E-state index in [2.05, 4.69) is 20.8 Å². The van der Waals surface area contributed by atoms with E-state index in [0.717, 1.165) is 6.42 Å². The molecule has 1 nitrogen and oxygen atoms in total. The fourth-order valence-corrected chi connectivity index (χ4v) is 2.30. The van der Waals surface area contributed by atoms with Gasteiger partial charge in [-0.3, -0.25) is 0 Å². The molecule has 0 saturated heterocycles. The van der Waals surface area contributed by atoms with Crippen molar-refractivity contribution in [3.8, 4) is 0 Å². The Hall–Kier alpha value is -0.0400. The molecule has 72 valence electrons. The smallest absolute Gasteiger partial charge is 0.0573 e. The highest BCUT2D eigenvalue weighted by Crippen LogP contribution is 2.36. The lowest BCUT2D eigenvalue weighted by atomic mass is 9.75. The van der Waals surface area contributed by atoms with E-state index in [1.807, 2.05) is 0 Å². The highest BCUT2D eigenvalue weighted by Gasteiger charge is 2.31. The first-order valence-electron chi connectivity index (χ1n) is 5.20. The molecule has 0 aromatic rings. The summed E-state index contributed by atoms with van der Waals surface area (Å²) in [5.74, 6) is 0.514. The van der Waals surface area contributed by atoms with E-state index in [1.54, 1.807) is 0 Å². The Morgan fingerprint density at radius 2 is 1.58 bits per heavy atom. The van der Waals surface area contributed by atoms with Crippen LogP contribution in [0.3, 0.4) is 0 Å². The number of hydrogen-bond acceptors (Lipinski definition) is 1. The van der Waals surface area contributed by atoms with Gasteiger partial charge in [-0.25, -0.2) is 0 Å². The van der Waals surface area contributed by atoms with E-state index in [-0.39, 0.29) is 11.5 Å². The predicted octanol–water partition coefficient (Wildman–Crippen LogP) is 2.97. The van der Waals surface area contributed by atoms with Gasteiger partial charge in [0, 0.05) is 0 Å². The Bertz CT molecular complexity index is 134. The van der Waals surface area contributed by atoms with Crippen molar-refractivity contribution in [3.05, 3.63) is 0 Å². The number of rotatable bonds is 0. The fraction of sp³-hybridized carbons (Fsp3) is 1.00. The lowest BCUT2D eigenvalue weighted by Crippen LogP contribution is -2.31. The van der Waals surface area contributed by atoms with E-state index in [9.17, 15) is 5.11 Å². The second kappa shape index (κ2) is 3.78. The van der Waals surface area contributed by atoms with Crippen molar-refractivity contribution >= 4 is 0 Å². The first-order valence-corrected chi connectivity index (χ1v) is 5.20. The lowest BCUT2D eigenvalue weighted by Gasteiger charge is -2.33. The summed E-state index contributed by atoms with van der Waals surface area (Å²) in [6, 6.07) is 0. The topological polar surface area (TPSA) is 20.2 Å². The molecule has 1 heteroatoms. The molecule has 1 fully saturated rings. The SMILES string of the molecule is CC(C)(C)[C@H]1CCCCC[C@H]1O. The second-order valence-electron chi connectivity index (χ2n) is 5.18. The summed E-state index contributed by atoms with van der Waals surface area (Å²) in [5, 5.41) is 9.88. The Morgan fingerprint density at radius 1 is 1.00 bits per heavy atom. The quantitative estimate of drug-likeness (QED) is 0.554. The molecule has 0 spiro atoms. The van der Waals surface area contributed by atoms with Crippen LogP contribution in [-0.4, -0.2) is 11.2 Å². The Kier molecular flexibility index (Phi) is 3.16. The van der Waals surface area contributed by atoms with Crippen LogP contribution >= 0.6 is 0 Å². The molecular weight excluding hydrogens is 148 g/mol. The first-order chi connectivity index (χ1) is 5.52. The van der Waals surface area contributed by atoms with Crippen LogP contribution in [0.5, 0.6) is 0 Å². The third-order valence-corrected chi connectivity index (χ3v) is 3.09. The summed E-state index contributed by atoms with van der Waals surface area (Å²) >= 11 is 0. The third-order valence-electron chi connectivity index (χ3n) is 3.09. The van der Waals surface area contributed by atoms with E-state index >= 15 is 0 Å². The minimum Gasteiger partial charge on any atom is -0.393 e. The maximum atomic E-state index is 9.88. The van der Waals surface area contributed by atoms with Gasteiger partial charge >= 0.3 is 0 Å². The largest absolute Gasteiger partial charge is 0.393 e. The van der Waals surface area contributed by atoms with Gasteiger partial charge in [0.25, 0.3) is 0 Å². The predicted molar refractivity (Wildman–Crippen MR) is 52.0 cm³/mol. The maximum absolute atomic E-state index is 9.88. The molecule has 1 aliphatic rings. The van der Waals surface area contributed by atoms with Crippen LogP contribution in [-0.2, 0) is 0 Å². The number of aliphatic hydroxyl groups is 1. The van der Waals surface area contributed by atoms with E-state index in [4.69, 9.17) is 0 Å². The molecule has 1 rings (SSSR count). The maximum Gasteiger partial charge on any atom is 0.0573 e. The van der Waals surface area contributed by atoms with Crippen molar-refractivity contribution in [2.45, 2.75) is 59.0 Å². The van der Waals surface area contributed by atoms with Crippen LogP contribution in [0.2, 0.25) is 0 Å². The van der Waals surface area contributed by atoms with Crippen molar-refractivity contribution in [2.24, 2.45) is 11.3 Å². The molecule has 0 radical (unpaired) electrons. The second-order valence-corrected chi connectivity index (χ2v) is 5.18. The van der Waals surface area contributed by atoms with Crippen LogP contribution in [0.15, 0.2) is 0 Å². The molecular formula is C11H22O. The number of hydrogen-bond donors (Lipinski definition) is 1. The van der Waals surface area contributed by atoms with Gasteiger partial charge in [0.2, 0.25) is 0 Å². The minimum absolute atomic E-state index is 0.0486. The van der Waals surface area contributed by atoms with Gasteiger partial charge in [-0.15, -0.1) is 0 Å². The molecule has 12 heavy (non-hydrogen) atoms. The third kappa shape index (κ3) is 2.48. The van der Waals surface area contributed by atoms with Crippen molar-refractivity contribution in [2.75, 3.05) is 0 Å². The molecule has 2 atom stereocenters. The molecule has 0 heterocycles. The molecule has 0 amide bonds. The average Bonchev–Trinajstić information content (AvgIpc) is 2.11.